The van der Waals surface area contributed by atoms with Crippen LogP contribution in [-0.4, -0.2) is 37.6 Å². The van der Waals surface area contributed by atoms with Crippen molar-refractivity contribution in [1.82, 2.24) is 10.6 Å². The number of aryl methyl sites for hydroxylation is 1. The number of rotatable bonds is 4. The van der Waals surface area contributed by atoms with Gasteiger partial charge in [-0.3, -0.25) is 0 Å². The van der Waals surface area contributed by atoms with Gasteiger partial charge in [-0.1, -0.05) is 24.3 Å². The van der Waals surface area contributed by atoms with E-state index in [-0.39, 0.29) is 12.1 Å². The normalized spacial score (nSPS) is 30.2. The lowest BCUT2D eigenvalue weighted by Gasteiger charge is -2.22. The van der Waals surface area contributed by atoms with Crippen molar-refractivity contribution < 1.29 is 14.3 Å². The zero-order valence-electron chi connectivity index (χ0n) is 13.5. The van der Waals surface area contributed by atoms with Crippen molar-refractivity contribution in [2.75, 3.05) is 19.8 Å². The van der Waals surface area contributed by atoms with Crippen molar-refractivity contribution >= 4 is 6.03 Å². The first-order valence-electron chi connectivity index (χ1n) is 8.56. The maximum Gasteiger partial charge on any atom is 0.315 e. The standard InChI is InChI=1S/C18H24N2O3/c1-18(22-10-11-23-18)8-9-19-17(21)20-16-14-7-6-12-4-2-3-5-13(12)15(14)16/h2-5,14-16H,6-11H2,1H3,(H2,19,20,21)/t14-,15+,16+/m0/s1. The Hall–Kier alpha value is -1.59. The Morgan fingerprint density at radius 1 is 1.30 bits per heavy atom. The summed E-state index contributed by atoms with van der Waals surface area (Å²) in [5.41, 5.74) is 2.87. The minimum Gasteiger partial charge on any atom is -0.348 e. The lowest BCUT2D eigenvalue weighted by Crippen LogP contribution is -2.40. The second-order valence-electron chi connectivity index (χ2n) is 6.93. The van der Waals surface area contributed by atoms with Crippen LogP contribution in [0, 0.1) is 5.92 Å². The van der Waals surface area contributed by atoms with Crippen LogP contribution in [0.3, 0.4) is 0 Å². The van der Waals surface area contributed by atoms with Crippen molar-refractivity contribution in [3.8, 4) is 0 Å². The number of nitrogens with one attached hydrogen (secondary N) is 2. The van der Waals surface area contributed by atoms with Crippen molar-refractivity contribution in [2.45, 2.75) is 43.9 Å². The summed E-state index contributed by atoms with van der Waals surface area (Å²) >= 11 is 0. The highest BCUT2D eigenvalue weighted by molar-refractivity contribution is 5.75. The fourth-order valence-corrected chi connectivity index (χ4v) is 4.07. The van der Waals surface area contributed by atoms with Crippen LogP contribution in [0.15, 0.2) is 24.3 Å². The van der Waals surface area contributed by atoms with Gasteiger partial charge in [0.2, 0.25) is 0 Å². The summed E-state index contributed by atoms with van der Waals surface area (Å²) in [6.45, 7) is 3.74. The van der Waals surface area contributed by atoms with E-state index in [1.807, 2.05) is 6.92 Å². The second-order valence-corrected chi connectivity index (χ2v) is 6.93. The fourth-order valence-electron chi connectivity index (χ4n) is 4.07. The Labute approximate surface area is 136 Å². The first-order chi connectivity index (χ1) is 11.2. The predicted octanol–water partition coefficient (Wildman–Crippen LogP) is 2.17. The number of ether oxygens (including phenoxy) is 2. The third kappa shape index (κ3) is 2.95. The van der Waals surface area contributed by atoms with Crippen molar-refractivity contribution in [2.24, 2.45) is 5.92 Å². The third-order valence-corrected chi connectivity index (χ3v) is 5.39. The topological polar surface area (TPSA) is 59.6 Å². The summed E-state index contributed by atoms with van der Waals surface area (Å²) in [7, 11) is 0. The van der Waals surface area contributed by atoms with Gasteiger partial charge < -0.3 is 20.1 Å². The van der Waals surface area contributed by atoms with Gasteiger partial charge in [0.05, 0.1) is 13.2 Å². The molecule has 2 N–H and O–H groups in total. The molecule has 4 rings (SSSR count). The van der Waals surface area contributed by atoms with E-state index >= 15 is 0 Å². The average Bonchev–Trinajstić information content (AvgIpc) is 3.07. The Morgan fingerprint density at radius 3 is 2.91 bits per heavy atom. The molecule has 1 heterocycles. The number of hydrogen-bond donors (Lipinski definition) is 2. The molecular weight excluding hydrogens is 292 g/mol. The zero-order valence-corrected chi connectivity index (χ0v) is 13.5. The maximum absolute atomic E-state index is 12.1. The molecular formula is C18H24N2O3. The highest BCUT2D eigenvalue weighted by Gasteiger charge is 2.53. The average molecular weight is 316 g/mol. The van der Waals surface area contributed by atoms with E-state index in [4.69, 9.17) is 9.47 Å². The fraction of sp³-hybridized carbons (Fsp3) is 0.611. The van der Waals surface area contributed by atoms with E-state index in [0.29, 0.717) is 38.0 Å². The third-order valence-electron chi connectivity index (χ3n) is 5.39. The van der Waals surface area contributed by atoms with Gasteiger partial charge in [-0.25, -0.2) is 4.79 Å². The van der Waals surface area contributed by atoms with Gasteiger partial charge in [0.25, 0.3) is 0 Å². The highest BCUT2D eigenvalue weighted by atomic mass is 16.7. The van der Waals surface area contributed by atoms with E-state index in [9.17, 15) is 4.79 Å². The van der Waals surface area contributed by atoms with Gasteiger partial charge in [0.1, 0.15) is 0 Å². The van der Waals surface area contributed by atoms with E-state index in [1.54, 1.807) is 0 Å². The lowest BCUT2D eigenvalue weighted by atomic mass is 9.92. The molecule has 124 valence electrons. The molecule has 1 aromatic carbocycles. The molecule has 1 aliphatic heterocycles. The molecule has 0 bridgehead atoms. The van der Waals surface area contributed by atoms with Crippen molar-refractivity contribution in [1.29, 1.82) is 0 Å². The van der Waals surface area contributed by atoms with Crippen LogP contribution >= 0.6 is 0 Å². The van der Waals surface area contributed by atoms with Gasteiger partial charge in [0, 0.05) is 24.9 Å². The summed E-state index contributed by atoms with van der Waals surface area (Å²) in [4.78, 5) is 12.1. The Balaban J connectivity index is 1.26. The van der Waals surface area contributed by atoms with Crippen LogP contribution < -0.4 is 10.6 Å². The summed E-state index contributed by atoms with van der Waals surface area (Å²) in [5.74, 6) is 0.569. The predicted molar refractivity (Wildman–Crippen MR) is 86.2 cm³/mol. The van der Waals surface area contributed by atoms with Crippen LogP contribution in [0.5, 0.6) is 0 Å². The minimum absolute atomic E-state index is 0.0801. The van der Waals surface area contributed by atoms with Crippen molar-refractivity contribution in [3.63, 3.8) is 0 Å². The Kier molecular flexibility index (Phi) is 3.77. The molecule has 1 saturated heterocycles. The molecule has 1 aromatic rings. The summed E-state index contributed by atoms with van der Waals surface area (Å²) in [6.07, 6.45) is 2.97. The van der Waals surface area contributed by atoms with Gasteiger partial charge in [-0.05, 0) is 36.8 Å². The number of hydrogen-bond acceptors (Lipinski definition) is 3. The van der Waals surface area contributed by atoms with Gasteiger partial charge in [0.15, 0.2) is 5.79 Å². The summed E-state index contributed by atoms with van der Waals surface area (Å²) in [6, 6.07) is 8.82. The molecule has 23 heavy (non-hydrogen) atoms. The van der Waals surface area contributed by atoms with Crippen LogP contribution in [0.4, 0.5) is 4.79 Å². The molecule has 5 nitrogen and oxygen atoms in total. The van der Waals surface area contributed by atoms with E-state index < -0.39 is 5.79 Å². The molecule has 5 heteroatoms. The first kappa shape index (κ1) is 15.0. The quantitative estimate of drug-likeness (QED) is 0.895. The highest BCUT2D eigenvalue weighted by Crippen LogP contribution is 2.54. The number of carbonyl (C=O) groups is 1. The number of amides is 2. The maximum atomic E-state index is 12.1. The van der Waals surface area contributed by atoms with Crippen LogP contribution in [0.1, 0.15) is 36.8 Å². The van der Waals surface area contributed by atoms with E-state index in [0.717, 1.165) is 6.42 Å². The number of urea groups is 1. The SMILES string of the molecule is CC1(CCNC(=O)N[C@@H]2[C@H]3CCc4ccccc4[C@H]32)OCCO1. The Morgan fingerprint density at radius 2 is 2.09 bits per heavy atom. The monoisotopic (exact) mass is 316 g/mol. The molecule has 0 aromatic heterocycles. The molecule has 0 spiro atoms. The molecule has 1 saturated carbocycles. The van der Waals surface area contributed by atoms with Gasteiger partial charge in [-0.2, -0.15) is 0 Å². The number of benzene rings is 1. The lowest BCUT2D eigenvalue weighted by molar-refractivity contribution is -0.145. The van der Waals surface area contributed by atoms with Crippen LogP contribution in [0.2, 0.25) is 0 Å². The minimum atomic E-state index is -0.542. The molecule has 2 amide bonds. The molecule has 3 aliphatic rings. The second kappa shape index (κ2) is 5.80. The number of carbonyl (C=O) groups excluding carboxylic acids is 1. The Bertz CT molecular complexity index is 598. The molecule has 3 atom stereocenters. The first-order valence-corrected chi connectivity index (χ1v) is 8.56. The van der Waals surface area contributed by atoms with Crippen LogP contribution in [0.25, 0.3) is 0 Å². The smallest absolute Gasteiger partial charge is 0.315 e. The van der Waals surface area contributed by atoms with Gasteiger partial charge >= 0.3 is 6.03 Å². The van der Waals surface area contributed by atoms with Gasteiger partial charge in [-0.15, -0.1) is 0 Å². The largest absolute Gasteiger partial charge is 0.348 e. The molecule has 2 fully saturated rings. The van der Waals surface area contributed by atoms with E-state index in [1.165, 1.54) is 17.5 Å². The number of fused-ring (bicyclic) bond motifs is 3. The molecule has 2 aliphatic carbocycles. The van der Waals surface area contributed by atoms with E-state index in [2.05, 4.69) is 34.9 Å². The van der Waals surface area contributed by atoms with Crippen LogP contribution in [-0.2, 0) is 15.9 Å². The molecule has 0 unspecified atom stereocenters. The zero-order chi connectivity index (χ0) is 15.9. The summed E-state index contributed by atoms with van der Waals surface area (Å²) in [5, 5.41) is 6.07. The summed E-state index contributed by atoms with van der Waals surface area (Å²) < 4.78 is 11.1. The molecule has 0 radical (unpaired) electrons. The van der Waals surface area contributed by atoms with Crippen molar-refractivity contribution in [3.05, 3.63) is 35.4 Å².